The van der Waals surface area contributed by atoms with Gasteiger partial charge in [0.15, 0.2) is 0 Å². The third-order valence-corrected chi connectivity index (χ3v) is 3.90. The van der Waals surface area contributed by atoms with Crippen LogP contribution in [-0.2, 0) is 4.79 Å². The van der Waals surface area contributed by atoms with E-state index < -0.39 is 0 Å². The van der Waals surface area contributed by atoms with Gasteiger partial charge in [-0.3, -0.25) is 4.79 Å². The van der Waals surface area contributed by atoms with Crippen LogP contribution in [-0.4, -0.2) is 37.0 Å². The Morgan fingerprint density at radius 2 is 2.21 bits per heavy atom. The minimum atomic E-state index is -0.173. The summed E-state index contributed by atoms with van der Waals surface area (Å²) in [7, 11) is 1.81. The molecule has 104 valence electrons. The van der Waals surface area contributed by atoms with Gasteiger partial charge in [-0.15, -0.1) is 0 Å². The average Bonchev–Trinajstić information content (AvgIpc) is 2.35. The van der Waals surface area contributed by atoms with Crippen LogP contribution in [0.5, 0.6) is 0 Å². The molecule has 2 rings (SSSR count). The van der Waals surface area contributed by atoms with E-state index in [-0.39, 0.29) is 11.7 Å². The van der Waals surface area contributed by atoms with E-state index in [0.29, 0.717) is 18.5 Å². The third-order valence-electron chi connectivity index (χ3n) is 3.90. The lowest BCUT2D eigenvalue weighted by atomic mass is 9.76. The van der Waals surface area contributed by atoms with E-state index in [1.54, 1.807) is 24.1 Å². The maximum absolute atomic E-state index is 13.1. The molecule has 0 heterocycles. The summed E-state index contributed by atoms with van der Waals surface area (Å²) in [5.41, 5.74) is 1.06. The predicted molar refractivity (Wildman–Crippen MR) is 73.5 cm³/mol. The lowest BCUT2D eigenvalue weighted by molar-refractivity contribution is -0.129. The van der Waals surface area contributed by atoms with Crippen molar-refractivity contribution in [3.05, 3.63) is 35.6 Å². The first-order valence-corrected chi connectivity index (χ1v) is 6.83. The van der Waals surface area contributed by atoms with E-state index in [1.807, 2.05) is 13.0 Å². The highest BCUT2D eigenvalue weighted by Crippen LogP contribution is 2.36. The third kappa shape index (κ3) is 3.53. The standard InChI is InChI=1S/C15H21FN2O/c1-3-18(2)15(19)10-17-14-8-12(9-14)11-5-4-6-13(16)7-11/h4-7,12,14,17H,3,8-10H2,1-2H3. The predicted octanol–water partition coefficient (Wildman–Crippen LogP) is 2.14. The summed E-state index contributed by atoms with van der Waals surface area (Å²) in [6, 6.07) is 7.18. The fourth-order valence-electron chi connectivity index (χ4n) is 2.36. The largest absolute Gasteiger partial charge is 0.345 e. The molecule has 3 nitrogen and oxygen atoms in total. The Kier molecular flexibility index (Phi) is 4.53. The molecule has 0 bridgehead atoms. The van der Waals surface area contributed by atoms with Gasteiger partial charge in [-0.25, -0.2) is 4.39 Å². The first-order chi connectivity index (χ1) is 9.10. The van der Waals surface area contributed by atoms with E-state index in [4.69, 9.17) is 0 Å². The van der Waals surface area contributed by atoms with Gasteiger partial charge in [0.05, 0.1) is 6.54 Å². The van der Waals surface area contributed by atoms with Gasteiger partial charge in [-0.05, 0) is 43.4 Å². The number of nitrogens with one attached hydrogen (secondary N) is 1. The van der Waals surface area contributed by atoms with E-state index in [0.717, 1.165) is 24.9 Å². The van der Waals surface area contributed by atoms with Crippen LogP contribution in [0.2, 0.25) is 0 Å². The van der Waals surface area contributed by atoms with Gasteiger partial charge < -0.3 is 10.2 Å². The molecule has 0 unspecified atom stereocenters. The number of hydrogen-bond donors (Lipinski definition) is 1. The van der Waals surface area contributed by atoms with Crippen LogP contribution in [0.3, 0.4) is 0 Å². The van der Waals surface area contributed by atoms with Crippen LogP contribution in [0.4, 0.5) is 4.39 Å². The number of nitrogens with zero attached hydrogens (tertiary/aromatic N) is 1. The maximum atomic E-state index is 13.1. The van der Waals surface area contributed by atoms with Gasteiger partial charge in [0.1, 0.15) is 5.82 Å². The molecule has 1 saturated carbocycles. The molecule has 0 saturated heterocycles. The Balaban J connectivity index is 1.73. The van der Waals surface area contributed by atoms with E-state index in [1.165, 1.54) is 6.07 Å². The van der Waals surface area contributed by atoms with Gasteiger partial charge in [-0.1, -0.05) is 12.1 Å². The summed E-state index contributed by atoms with van der Waals surface area (Å²) in [6.07, 6.45) is 1.96. The smallest absolute Gasteiger partial charge is 0.236 e. The number of amides is 1. The molecule has 1 aliphatic carbocycles. The lowest BCUT2D eigenvalue weighted by Crippen LogP contribution is -2.45. The van der Waals surface area contributed by atoms with Gasteiger partial charge in [0.25, 0.3) is 0 Å². The highest BCUT2D eigenvalue weighted by molar-refractivity contribution is 5.77. The first-order valence-electron chi connectivity index (χ1n) is 6.83. The first kappa shape index (κ1) is 14.0. The van der Waals surface area contributed by atoms with Crippen LogP contribution < -0.4 is 5.32 Å². The fraction of sp³-hybridized carbons (Fsp3) is 0.533. The fourth-order valence-corrected chi connectivity index (χ4v) is 2.36. The molecule has 1 fully saturated rings. The Morgan fingerprint density at radius 3 is 2.84 bits per heavy atom. The molecule has 4 heteroatoms. The van der Waals surface area contributed by atoms with Gasteiger partial charge in [0, 0.05) is 19.6 Å². The molecule has 1 aromatic carbocycles. The summed E-state index contributed by atoms with van der Waals surface area (Å²) in [6.45, 7) is 3.09. The van der Waals surface area contributed by atoms with Crippen LogP contribution in [0, 0.1) is 5.82 Å². The Labute approximate surface area is 113 Å². The molecule has 1 aromatic rings. The lowest BCUT2D eigenvalue weighted by Gasteiger charge is -2.36. The molecular formula is C15H21FN2O. The number of carbonyl (C=O) groups excluding carboxylic acids is 1. The number of halogens is 1. The zero-order valence-corrected chi connectivity index (χ0v) is 11.5. The van der Waals surface area contributed by atoms with Gasteiger partial charge in [-0.2, -0.15) is 0 Å². The summed E-state index contributed by atoms with van der Waals surface area (Å²) < 4.78 is 13.1. The van der Waals surface area contributed by atoms with E-state index >= 15 is 0 Å². The molecule has 0 spiro atoms. The number of rotatable bonds is 5. The molecule has 0 aromatic heterocycles. The van der Waals surface area contributed by atoms with E-state index in [2.05, 4.69) is 5.32 Å². The Hall–Kier alpha value is -1.42. The molecule has 19 heavy (non-hydrogen) atoms. The van der Waals surface area contributed by atoms with Crippen LogP contribution in [0.25, 0.3) is 0 Å². The summed E-state index contributed by atoms with van der Waals surface area (Å²) in [4.78, 5) is 13.3. The van der Waals surface area contributed by atoms with E-state index in [9.17, 15) is 9.18 Å². The SMILES string of the molecule is CCN(C)C(=O)CNC1CC(c2cccc(F)c2)C1. The highest BCUT2D eigenvalue weighted by Gasteiger charge is 2.30. The van der Waals surface area contributed by atoms with Crippen molar-refractivity contribution >= 4 is 5.91 Å². The highest BCUT2D eigenvalue weighted by atomic mass is 19.1. The van der Waals surface area contributed by atoms with Crippen LogP contribution >= 0.6 is 0 Å². The molecule has 0 atom stereocenters. The number of carbonyl (C=O) groups is 1. The topological polar surface area (TPSA) is 32.3 Å². The average molecular weight is 264 g/mol. The van der Waals surface area contributed by atoms with Crippen LogP contribution in [0.15, 0.2) is 24.3 Å². The van der Waals surface area contributed by atoms with Crippen molar-refractivity contribution < 1.29 is 9.18 Å². The summed E-state index contributed by atoms with van der Waals surface area (Å²) in [5.74, 6) is 0.373. The molecule has 1 amide bonds. The van der Waals surface area contributed by atoms with Crippen molar-refractivity contribution in [3.63, 3.8) is 0 Å². The number of benzene rings is 1. The minimum Gasteiger partial charge on any atom is -0.345 e. The molecule has 1 aliphatic rings. The zero-order chi connectivity index (χ0) is 13.8. The number of hydrogen-bond acceptors (Lipinski definition) is 2. The van der Waals surface area contributed by atoms with Crippen molar-refractivity contribution in [2.24, 2.45) is 0 Å². The quantitative estimate of drug-likeness (QED) is 0.883. The zero-order valence-electron chi connectivity index (χ0n) is 11.5. The van der Waals surface area contributed by atoms with Crippen LogP contribution in [0.1, 0.15) is 31.2 Å². The maximum Gasteiger partial charge on any atom is 0.236 e. The number of likely N-dealkylation sites (N-methyl/N-ethyl adjacent to an activating group) is 1. The summed E-state index contributed by atoms with van der Waals surface area (Å²) in [5, 5.41) is 3.26. The molecular weight excluding hydrogens is 243 g/mol. The molecule has 0 radical (unpaired) electrons. The van der Waals surface area contributed by atoms with Gasteiger partial charge in [0.2, 0.25) is 5.91 Å². The van der Waals surface area contributed by atoms with Gasteiger partial charge >= 0.3 is 0 Å². The van der Waals surface area contributed by atoms with Crippen molar-refractivity contribution in [3.8, 4) is 0 Å². The van der Waals surface area contributed by atoms with Crippen molar-refractivity contribution in [1.82, 2.24) is 10.2 Å². The second kappa shape index (κ2) is 6.15. The molecule has 0 aliphatic heterocycles. The van der Waals surface area contributed by atoms with Crippen molar-refractivity contribution in [1.29, 1.82) is 0 Å². The van der Waals surface area contributed by atoms with Crippen molar-refractivity contribution in [2.45, 2.75) is 31.7 Å². The Bertz CT molecular complexity index is 444. The molecule has 1 N–H and O–H groups in total. The minimum absolute atomic E-state index is 0.122. The normalized spacial score (nSPS) is 21.8. The second-order valence-electron chi connectivity index (χ2n) is 5.21. The Morgan fingerprint density at radius 1 is 1.47 bits per heavy atom. The van der Waals surface area contributed by atoms with Crippen molar-refractivity contribution in [2.75, 3.05) is 20.1 Å². The monoisotopic (exact) mass is 264 g/mol. The second-order valence-corrected chi connectivity index (χ2v) is 5.21. The summed E-state index contributed by atoms with van der Waals surface area (Å²) >= 11 is 0.